The molecule has 0 bridgehead atoms. The Kier molecular flexibility index (Phi) is 7.01. The Morgan fingerprint density at radius 2 is 1.88 bits per heavy atom. The standard InChI is InChI=1S/C22H22N4O7/c1-4-32-14-9-10-17(18(11-14)26(30)31)23-19(27)12-33-22(29)20-15-7-5-6-8-16(15)21(28)25(24-20)13(2)3/h5-11,13H,4,12H2,1-3H3,(H,23,27). The number of nitro groups is 1. The van der Waals surface area contributed by atoms with E-state index in [1.165, 1.54) is 22.9 Å². The van der Waals surface area contributed by atoms with Crippen molar-refractivity contribution in [3.63, 3.8) is 0 Å². The molecule has 1 amide bonds. The fourth-order valence-electron chi connectivity index (χ4n) is 3.12. The van der Waals surface area contributed by atoms with Crippen molar-refractivity contribution in [2.75, 3.05) is 18.5 Å². The molecular formula is C22H22N4O7. The van der Waals surface area contributed by atoms with Crippen LogP contribution in [-0.2, 0) is 9.53 Å². The van der Waals surface area contributed by atoms with Crippen LogP contribution in [0.15, 0.2) is 47.3 Å². The number of amides is 1. The highest BCUT2D eigenvalue weighted by atomic mass is 16.6. The second kappa shape index (κ2) is 9.90. The number of carbonyl (C=O) groups excluding carboxylic acids is 2. The molecule has 2 aromatic carbocycles. The molecule has 1 heterocycles. The number of aromatic nitrogens is 2. The van der Waals surface area contributed by atoms with Crippen LogP contribution in [0.4, 0.5) is 11.4 Å². The molecule has 1 N–H and O–H groups in total. The maximum absolute atomic E-state index is 12.7. The molecule has 3 rings (SSSR count). The van der Waals surface area contributed by atoms with Crippen molar-refractivity contribution in [1.29, 1.82) is 0 Å². The Bertz CT molecular complexity index is 1280. The van der Waals surface area contributed by atoms with E-state index >= 15 is 0 Å². The van der Waals surface area contributed by atoms with E-state index in [0.717, 1.165) is 0 Å². The van der Waals surface area contributed by atoms with Crippen LogP contribution in [0.1, 0.15) is 37.3 Å². The van der Waals surface area contributed by atoms with E-state index < -0.39 is 23.4 Å². The minimum Gasteiger partial charge on any atom is -0.494 e. The smallest absolute Gasteiger partial charge is 0.359 e. The number of rotatable bonds is 8. The van der Waals surface area contributed by atoms with Gasteiger partial charge in [-0.05, 0) is 39.0 Å². The van der Waals surface area contributed by atoms with Crippen molar-refractivity contribution in [1.82, 2.24) is 9.78 Å². The molecular weight excluding hydrogens is 432 g/mol. The molecule has 0 radical (unpaired) electrons. The van der Waals surface area contributed by atoms with Crippen LogP contribution in [0.2, 0.25) is 0 Å². The summed E-state index contributed by atoms with van der Waals surface area (Å²) >= 11 is 0. The molecule has 3 aromatic rings. The predicted octanol–water partition coefficient (Wildman–Crippen LogP) is 3.08. The molecule has 0 aliphatic carbocycles. The van der Waals surface area contributed by atoms with Crippen molar-refractivity contribution in [2.45, 2.75) is 26.8 Å². The third kappa shape index (κ3) is 5.14. The average molecular weight is 454 g/mol. The topological polar surface area (TPSA) is 143 Å². The van der Waals surface area contributed by atoms with Crippen LogP contribution < -0.4 is 15.6 Å². The van der Waals surface area contributed by atoms with Crippen LogP contribution in [0.3, 0.4) is 0 Å². The van der Waals surface area contributed by atoms with Crippen molar-refractivity contribution >= 4 is 34.0 Å². The summed E-state index contributed by atoms with van der Waals surface area (Å²) in [5.74, 6) is -1.40. The lowest BCUT2D eigenvalue weighted by Gasteiger charge is -2.13. The minimum absolute atomic E-state index is 0.0681. The first kappa shape index (κ1) is 23.4. The predicted molar refractivity (Wildman–Crippen MR) is 120 cm³/mol. The molecule has 0 fully saturated rings. The Morgan fingerprint density at radius 3 is 2.52 bits per heavy atom. The Balaban J connectivity index is 1.79. The zero-order valence-electron chi connectivity index (χ0n) is 18.2. The van der Waals surface area contributed by atoms with E-state index in [9.17, 15) is 24.5 Å². The number of hydrogen-bond acceptors (Lipinski definition) is 8. The molecule has 11 heteroatoms. The normalized spacial score (nSPS) is 10.8. The van der Waals surface area contributed by atoms with Gasteiger partial charge in [0.25, 0.3) is 17.2 Å². The quantitative estimate of drug-likeness (QED) is 0.311. The van der Waals surface area contributed by atoms with Crippen molar-refractivity contribution < 1.29 is 24.0 Å². The summed E-state index contributed by atoms with van der Waals surface area (Å²) in [6.45, 7) is 4.85. The molecule has 0 saturated carbocycles. The van der Waals surface area contributed by atoms with Gasteiger partial charge < -0.3 is 14.8 Å². The summed E-state index contributed by atoms with van der Waals surface area (Å²) in [5.41, 5.74) is -0.893. The molecule has 0 aliphatic rings. The number of nitrogens with zero attached hydrogens (tertiary/aromatic N) is 3. The van der Waals surface area contributed by atoms with Crippen molar-refractivity contribution in [2.24, 2.45) is 0 Å². The summed E-state index contributed by atoms with van der Waals surface area (Å²) in [4.78, 5) is 48.3. The largest absolute Gasteiger partial charge is 0.494 e. The summed E-state index contributed by atoms with van der Waals surface area (Å²) in [5, 5.41) is 18.4. The molecule has 0 saturated heterocycles. The van der Waals surface area contributed by atoms with Gasteiger partial charge in [-0.2, -0.15) is 5.10 Å². The highest BCUT2D eigenvalue weighted by molar-refractivity contribution is 6.03. The van der Waals surface area contributed by atoms with Gasteiger partial charge in [-0.1, -0.05) is 18.2 Å². The SMILES string of the molecule is CCOc1ccc(NC(=O)COC(=O)c2nn(C(C)C)c(=O)c3ccccc23)c([N+](=O)[O-])c1. The maximum atomic E-state index is 12.7. The van der Waals surface area contributed by atoms with E-state index in [4.69, 9.17) is 9.47 Å². The van der Waals surface area contributed by atoms with Gasteiger partial charge in [0.05, 0.1) is 29.0 Å². The van der Waals surface area contributed by atoms with Gasteiger partial charge >= 0.3 is 5.97 Å². The van der Waals surface area contributed by atoms with E-state index in [0.29, 0.717) is 17.4 Å². The summed E-state index contributed by atoms with van der Waals surface area (Å²) in [7, 11) is 0. The molecule has 11 nitrogen and oxygen atoms in total. The zero-order chi connectivity index (χ0) is 24.1. The number of carbonyl (C=O) groups is 2. The molecule has 33 heavy (non-hydrogen) atoms. The maximum Gasteiger partial charge on any atom is 0.359 e. The molecule has 0 atom stereocenters. The number of anilines is 1. The third-order valence-electron chi connectivity index (χ3n) is 4.60. The number of ether oxygens (including phenoxy) is 2. The lowest BCUT2D eigenvalue weighted by molar-refractivity contribution is -0.384. The molecule has 0 unspecified atom stereocenters. The minimum atomic E-state index is -0.906. The summed E-state index contributed by atoms with van der Waals surface area (Å²) in [6.07, 6.45) is 0. The van der Waals surface area contributed by atoms with Gasteiger partial charge in [-0.3, -0.25) is 19.7 Å². The highest BCUT2D eigenvalue weighted by Crippen LogP contribution is 2.29. The monoisotopic (exact) mass is 454 g/mol. The Labute approximate surface area is 188 Å². The number of benzene rings is 2. The average Bonchev–Trinajstić information content (AvgIpc) is 2.78. The summed E-state index contributed by atoms with van der Waals surface area (Å²) in [6, 6.07) is 10.1. The van der Waals surface area contributed by atoms with Crippen LogP contribution in [-0.4, -0.2) is 39.8 Å². The first-order valence-corrected chi connectivity index (χ1v) is 10.1. The molecule has 172 valence electrons. The first-order chi connectivity index (χ1) is 15.7. The molecule has 0 aliphatic heterocycles. The number of fused-ring (bicyclic) bond motifs is 1. The fourth-order valence-corrected chi connectivity index (χ4v) is 3.12. The van der Waals surface area contributed by atoms with E-state index in [1.54, 1.807) is 45.0 Å². The number of esters is 1. The second-order valence-electron chi connectivity index (χ2n) is 7.23. The van der Waals surface area contributed by atoms with Crippen LogP contribution in [0.5, 0.6) is 5.75 Å². The van der Waals surface area contributed by atoms with Gasteiger partial charge in [-0.25, -0.2) is 9.48 Å². The van der Waals surface area contributed by atoms with Crippen LogP contribution >= 0.6 is 0 Å². The van der Waals surface area contributed by atoms with Gasteiger partial charge in [0.2, 0.25) is 0 Å². The van der Waals surface area contributed by atoms with E-state index in [-0.39, 0.29) is 34.4 Å². The van der Waals surface area contributed by atoms with Crippen LogP contribution in [0.25, 0.3) is 10.8 Å². The lowest BCUT2D eigenvalue weighted by atomic mass is 10.1. The number of nitro benzene ring substituents is 1. The highest BCUT2D eigenvalue weighted by Gasteiger charge is 2.21. The number of hydrogen-bond donors (Lipinski definition) is 1. The lowest BCUT2D eigenvalue weighted by Crippen LogP contribution is -2.29. The summed E-state index contributed by atoms with van der Waals surface area (Å²) < 4.78 is 11.5. The fraction of sp³-hybridized carbons (Fsp3) is 0.273. The van der Waals surface area contributed by atoms with Gasteiger partial charge in [0.15, 0.2) is 12.3 Å². The zero-order valence-corrected chi connectivity index (χ0v) is 18.2. The third-order valence-corrected chi connectivity index (χ3v) is 4.60. The second-order valence-corrected chi connectivity index (χ2v) is 7.23. The Hall–Kier alpha value is -4.28. The van der Waals surface area contributed by atoms with Crippen LogP contribution in [0, 0.1) is 10.1 Å². The Morgan fingerprint density at radius 1 is 1.18 bits per heavy atom. The van der Waals surface area contributed by atoms with E-state index in [1.807, 2.05) is 0 Å². The van der Waals surface area contributed by atoms with Gasteiger partial charge in [0.1, 0.15) is 11.4 Å². The van der Waals surface area contributed by atoms with Gasteiger partial charge in [-0.15, -0.1) is 0 Å². The molecule has 1 aromatic heterocycles. The van der Waals surface area contributed by atoms with Crippen molar-refractivity contribution in [3.8, 4) is 5.75 Å². The van der Waals surface area contributed by atoms with E-state index in [2.05, 4.69) is 10.4 Å². The van der Waals surface area contributed by atoms with Gasteiger partial charge in [0, 0.05) is 5.39 Å². The molecule has 0 spiro atoms. The van der Waals surface area contributed by atoms with Crippen molar-refractivity contribution in [3.05, 3.63) is 68.6 Å². The first-order valence-electron chi connectivity index (χ1n) is 10.1. The number of nitrogens with one attached hydrogen (secondary N) is 1.